The Kier molecular flexibility index (Phi) is 4.68. The smallest absolute Gasteiger partial charge is 0.293 e. The molecule has 0 spiro atoms. The maximum Gasteiger partial charge on any atom is 0.293 e. The lowest BCUT2D eigenvalue weighted by Crippen LogP contribution is -2.26. The summed E-state index contributed by atoms with van der Waals surface area (Å²) in [6.45, 7) is 5.49. The number of aromatic nitrogens is 2. The lowest BCUT2D eigenvalue weighted by molar-refractivity contribution is 0.718. The molecule has 15 heavy (non-hydrogen) atoms. The fourth-order valence-electron chi connectivity index (χ4n) is 1.14. The summed E-state index contributed by atoms with van der Waals surface area (Å²) in [5.74, 6) is 0.445. The zero-order valence-electron chi connectivity index (χ0n) is 9.36. The van der Waals surface area contributed by atoms with Crippen LogP contribution in [0.4, 0.5) is 5.82 Å². The molecule has 84 valence electrons. The van der Waals surface area contributed by atoms with Crippen LogP contribution in [0.25, 0.3) is 0 Å². The number of hydrogen-bond donors (Lipinski definition) is 1. The quantitative estimate of drug-likeness (QED) is 0.826. The molecule has 0 aliphatic rings. The fourth-order valence-corrected chi connectivity index (χ4v) is 1.39. The van der Waals surface area contributed by atoms with Crippen LogP contribution >= 0.6 is 11.8 Å². The van der Waals surface area contributed by atoms with E-state index in [9.17, 15) is 4.79 Å². The first-order chi connectivity index (χ1) is 7.19. The molecule has 1 aromatic rings. The van der Waals surface area contributed by atoms with Crippen LogP contribution in [0.15, 0.2) is 17.2 Å². The number of nitrogens with zero attached hydrogens (tertiary/aromatic N) is 2. The number of aryl methyl sites for hydroxylation is 1. The monoisotopic (exact) mass is 227 g/mol. The summed E-state index contributed by atoms with van der Waals surface area (Å²) >= 11 is 1.76. The zero-order chi connectivity index (χ0) is 11.3. The predicted molar refractivity (Wildman–Crippen MR) is 65.6 cm³/mol. The zero-order valence-corrected chi connectivity index (χ0v) is 10.2. The van der Waals surface area contributed by atoms with Crippen LogP contribution in [0.5, 0.6) is 0 Å². The Morgan fingerprint density at radius 1 is 1.67 bits per heavy atom. The highest BCUT2D eigenvalue weighted by molar-refractivity contribution is 7.99. The molecule has 1 rings (SSSR count). The van der Waals surface area contributed by atoms with Crippen molar-refractivity contribution in [1.82, 2.24) is 9.55 Å². The minimum atomic E-state index is -0.0479. The SMILES string of the molecule is CCn1ccnc(NCC(C)SC)c1=O. The molecule has 0 aliphatic heterocycles. The van der Waals surface area contributed by atoms with Crippen LogP contribution in [0, 0.1) is 0 Å². The van der Waals surface area contributed by atoms with Crippen LogP contribution in [0.3, 0.4) is 0 Å². The minimum absolute atomic E-state index is 0.0479. The molecule has 0 saturated carbocycles. The Balaban J connectivity index is 2.73. The second-order valence-corrected chi connectivity index (χ2v) is 4.57. The van der Waals surface area contributed by atoms with Gasteiger partial charge in [0.15, 0.2) is 5.82 Å². The molecular weight excluding hydrogens is 210 g/mol. The Labute approximate surface area is 94.1 Å². The molecule has 0 radical (unpaired) electrons. The van der Waals surface area contributed by atoms with Crippen molar-refractivity contribution in [3.05, 3.63) is 22.7 Å². The average molecular weight is 227 g/mol. The number of anilines is 1. The van der Waals surface area contributed by atoms with E-state index in [1.807, 2.05) is 6.92 Å². The van der Waals surface area contributed by atoms with E-state index in [0.29, 0.717) is 17.6 Å². The van der Waals surface area contributed by atoms with E-state index >= 15 is 0 Å². The van der Waals surface area contributed by atoms with Gasteiger partial charge in [-0.2, -0.15) is 11.8 Å². The van der Waals surface area contributed by atoms with E-state index in [2.05, 4.69) is 23.5 Å². The number of rotatable bonds is 5. The lowest BCUT2D eigenvalue weighted by Gasteiger charge is -2.10. The molecule has 4 nitrogen and oxygen atoms in total. The molecule has 0 aromatic carbocycles. The summed E-state index contributed by atoms with van der Waals surface area (Å²) in [7, 11) is 0. The van der Waals surface area contributed by atoms with Gasteiger partial charge in [0, 0.05) is 30.7 Å². The van der Waals surface area contributed by atoms with E-state index in [1.54, 1.807) is 28.7 Å². The first-order valence-electron chi connectivity index (χ1n) is 5.01. The number of thioether (sulfide) groups is 1. The van der Waals surface area contributed by atoms with Gasteiger partial charge in [-0.05, 0) is 13.2 Å². The summed E-state index contributed by atoms with van der Waals surface area (Å²) in [5.41, 5.74) is -0.0479. The first-order valence-corrected chi connectivity index (χ1v) is 6.30. The molecule has 1 aromatic heterocycles. The van der Waals surface area contributed by atoms with Crippen molar-refractivity contribution in [1.29, 1.82) is 0 Å². The molecule has 1 atom stereocenters. The molecule has 0 amide bonds. The van der Waals surface area contributed by atoms with Gasteiger partial charge in [0.2, 0.25) is 0 Å². The topological polar surface area (TPSA) is 46.9 Å². The van der Waals surface area contributed by atoms with Crippen LogP contribution in [0.1, 0.15) is 13.8 Å². The van der Waals surface area contributed by atoms with Crippen LogP contribution < -0.4 is 10.9 Å². The van der Waals surface area contributed by atoms with Crippen molar-refractivity contribution in [2.45, 2.75) is 25.6 Å². The van der Waals surface area contributed by atoms with Crippen molar-refractivity contribution in [3.8, 4) is 0 Å². The summed E-state index contributed by atoms with van der Waals surface area (Å²) in [6, 6.07) is 0. The Morgan fingerprint density at radius 3 is 3.00 bits per heavy atom. The number of hydrogen-bond acceptors (Lipinski definition) is 4. The Hall–Kier alpha value is -0.970. The largest absolute Gasteiger partial charge is 0.364 e. The molecule has 1 heterocycles. The molecule has 1 N–H and O–H groups in total. The average Bonchev–Trinajstić information content (AvgIpc) is 2.27. The fraction of sp³-hybridized carbons (Fsp3) is 0.600. The molecular formula is C10H17N3OS. The summed E-state index contributed by atoms with van der Waals surface area (Å²) in [5, 5.41) is 3.55. The molecule has 0 fully saturated rings. The Morgan fingerprint density at radius 2 is 2.40 bits per heavy atom. The van der Waals surface area contributed by atoms with Gasteiger partial charge in [-0.25, -0.2) is 4.98 Å². The third-order valence-corrected chi connectivity index (χ3v) is 3.19. The summed E-state index contributed by atoms with van der Waals surface area (Å²) in [4.78, 5) is 15.8. The van der Waals surface area contributed by atoms with Crippen molar-refractivity contribution < 1.29 is 0 Å². The van der Waals surface area contributed by atoms with Crippen molar-refractivity contribution in [2.75, 3.05) is 18.1 Å². The maximum absolute atomic E-state index is 11.7. The van der Waals surface area contributed by atoms with Gasteiger partial charge in [-0.15, -0.1) is 0 Å². The van der Waals surface area contributed by atoms with E-state index in [0.717, 1.165) is 6.54 Å². The van der Waals surface area contributed by atoms with E-state index in [-0.39, 0.29) is 5.56 Å². The molecule has 1 unspecified atom stereocenters. The normalized spacial score (nSPS) is 12.5. The summed E-state index contributed by atoms with van der Waals surface area (Å²) in [6.07, 6.45) is 5.40. The third kappa shape index (κ3) is 3.27. The van der Waals surface area contributed by atoms with Gasteiger partial charge in [0.05, 0.1) is 0 Å². The highest BCUT2D eigenvalue weighted by atomic mass is 32.2. The molecule has 0 aliphatic carbocycles. The minimum Gasteiger partial charge on any atom is -0.364 e. The molecule has 0 saturated heterocycles. The van der Waals surface area contributed by atoms with Crippen molar-refractivity contribution >= 4 is 17.6 Å². The second kappa shape index (κ2) is 5.80. The predicted octanol–water partition coefficient (Wildman–Crippen LogP) is 1.43. The van der Waals surface area contributed by atoms with Crippen LogP contribution in [-0.4, -0.2) is 27.6 Å². The maximum atomic E-state index is 11.7. The lowest BCUT2D eigenvalue weighted by atomic mass is 10.4. The Bertz CT molecular complexity index is 364. The van der Waals surface area contributed by atoms with Crippen molar-refractivity contribution in [3.63, 3.8) is 0 Å². The van der Waals surface area contributed by atoms with E-state index in [1.165, 1.54) is 0 Å². The van der Waals surface area contributed by atoms with Gasteiger partial charge < -0.3 is 9.88 Å². The highest BCUT2D eigenvalue weighted by Gasteiger charge is 2.04. The molecule has 0 bridgehead atoms. The number of nitrogens with one attached hydrogen (secondary N) is 1. The van der Waals surface area contributed by atoms with Gasteiger partial charge in [-0.1, -0.05) is 6.92 Å². The third-order valence-electron chi connectivity index (χ3n) is 2.21. The second-order valence-electron chi connectivity index (χ2n) is 3.29. The molecule has 5 heteroatoms. The van der Waals surface area contributed by atoms with Gasteiger partial charge in [0.1, 0.15) is 0 Å². The standard InChI is InChI=1S/C10H17N3OS/c1-4-13-6-5-11-9(10(13)14)12-7-8(2)15-3/h5-6,8H,4,7H2,1-3H3,(H,11,12). The van der Waals surface area contributed by atoms with E-state index in [4.69, 9.17) is 0 Å². The van der Waals surface area contributed by atoms with Gasteiger partial charge in [0.25, 0.3) is 5.56 Å². The summed E-state index contributed by atoms with van der Waals surface area (Å²) < 4.78 is 1.64. The highest BCUT2D eigenvalue weighted by Crippen LogP contribution is 2.04. The van der Waals surface area contributed by atoms with Crippen molar-refractivity contribution in [2.24, 2.45) is 0 Å². The van der Waals surface area contributed by atoms with Crippen LogP contribution in [-0.2, 0) is 6.54 Å². The van der Waals surface area contributed by atoms with Crippen LogP contribution in [0.2, 0.25) is 0 Å². The van der Waals surface area contributed by atoms with E-state index < -0.39 is 0 Å². The first kappa shape index (κ1) is 12.1. The van der Waals surface area contributed by atoms with Gasteiger partial charge in [-0.3, -0.25) is 4.79 Å². The van der Waals surface area contributed by atoms with Gasteiger partial charge >= 0.3 is 0 Å².